The minimum atomic E-state index is -0.721. The first-order chi connectivity index (χ1) is 10.1. The minimum Gasteiger partial charge on any atom is -0.489 e. The lowest BCUT2D eigenvalue weighted by molar-refractivity contribution is -0.121. The summed E-state index contributed by atoms with van der Waals surface area (Å²) in [4.78, 5) is 25.1. The molecule has 0 saturated heterocycles. The highest BCUT2D eigenvalue weighted by Gasteiger charge is 2.40. The molecule has 0 aliphatic heterocycles. The number of ether oxygens (including phenoxy) is 2. The lowest BCUT2D eigenvalue weighted by Crippen LogP contribution is -2.32. The van der Waals surface area contributed by atoms with Crippen LogP contribution in [0.2, 0.25) is 0 Å². The molecule has 1 unspecified atom stereocenters. The number of hydrogen-bond acceptors (Lipinski definition) is 5. The van der Waals surface area contributed by atoms with Crippen LogP contribution in [0.4, 0.5) is 0 Å². The van der Waals surface area contributed by atoms with E-state index in [1.165, 1.54) is 14.2 Å². The third-order valence-corrected chi connectivity index (χ3v) is 3.86. The molecule has 1 atom stereocenters. The maximum atomic E-state index is 12.7. The van der Waals surface area contributed by atoms with Crippen LogP contribution < -0.4 is 0 Å². The van der Waals surface area contributed by atoms with Crippen LogP contribution in [-0.4, -0.2) is 37.0 Å². The number of aliphatic hydroxyl groups is 1. The number of methoxy groups -OCH3 is 2. The Morgan fingerprint density at radius 2 is 1.59 bits per heavy atom. The average molecular weight is 308 g/mol. The standard InChI is InChI=1S/C17H24O5/c1-9(11(3)18)8-17(4,5)12-10(2)13(19)15(21-6)16(22-7)14(12)20/h8,11,18H,1-7H3/b9-8+. The van der Waals surface area contributed by atoms with E-state index < -0.39 is 11.5 Å². The van der Waals surface area contributed by atoms with Gasteiger partial charge < -0.3 is 14.6 Å². The number of carbonyl (C=O) groups excluding carboxylic acids is 2. The van der Waals surface area contributed by atoms with E-state index in [0.717, 1.165) is 5.57 Å². The molecule has 0 aromatic carbocycles. The summed E-state index contributed by atoms with van der Waals surface area (Å²) in [5.41, 5.74) is 0.699. The monoisotopic (exact) mass is 308 g/mol. The van der Waals surface area contributed by atoms with E-state index in [0.29, 0.717) is 11.1 Å². The van der Waals surface area contributed by atoms with Crippen LogP contribution in [0, 0.1) is 5.41 Å². The molecule has 0 spiro atoms. The van der Waals surface area contributed by atoms with Crippen molar-refractivity contribution in [2.45, 2.75) is 40.7 Å². The largest absolute Gasteiger partial charge is 0.489 e. The Hall–Kier alpha value is -1.88. The fourth-order valence-electron chi connectivity index (χ4n) is 2.68. The summed E-state index contributed by atoms with van der Waals surface area (Å²) in [5.74, 6) is -0.869. The van der Waals surface area contributed by atoms with Crippen LogP contribution in [-0.2, 0) is 19.1 Å². The lowest BCUT2D eigenvalue weighted by Gasteiger charge is -2.30. The van der Waals surface area contributed by atoms with Crippen LogP contribution in [0.25, 0.3) is 0 Å². The van der Waals surface area contributed by atoms with Crippen LogP contribution in [0.1, 0.15) is 34.6 Å². The second-order valence-electron chi connectivity index (χ2n) is 6.01. The van der Waals surface area contributed by atoms with E-state index in [1.807, 2.05) is 13.8 Å². The average Bonchev–Trinajstić information content (AvgIpc) is 2.41. The number of ketones is 2. The zero-order chi connectivity index (χ0) is 17.2. The van der Waals surface area contributed by atoms with Crippen molar-refractivity contribution in [3.63, 3.8) is 0 Å². The number of Topliss-reactive ketones (excluding diaryl/α,β-unsaturated/α-hetero) is 2. The molecule has 1 rings (SSSR count). The van der Waals surface area contributed by atoms with Crippen LogP contribution in [0.5, 0.6) is 0 Å². The minimum absolute atomic E-state index is 0.0687. The molecule has 0 amide bonds. The normalized spacial score (nSPS) is 18.8. The van der Waals surface area contributed by atoms with Crippen molar-refractivity contribution >= 4 is 11.6 Å². The summed E-state index contributed by atoms with van der Waals surface area (Å²) in [6.45, 7) is 8.70. The molecule has 122 valence electrons. The Morgan fingerprint density at radius 1 is 1.14 bits per heavy atom. The Bertz CT molecular complexity index is 588. The van der Waals surface area contributed by atoms with Crippen LogP contribution in [0.3, 0.4) is 0 Å². The van der Waals surface area contributed by atoms with Gasteiger partial charge in [0.2, 0.25) is 23.1 Å². The Morgan fingerprint density at radius 3 is 2.00 bits per heavy atom. The number of hydrogen-bond donors (Lipinski definition) is 1. The molecule has 22 heavy (non-hydrogen) atoms. The first kappa shape index (κ1) is 18.2. The Balaban J connectivity index is 3.48. The number of allylic oxidation sites excluding steroid dienone is 3. The van der Waals surface area contributed by atoms with E-state index in [4.69, 9.17) is 9.47 Å². The first-order valence-corrected chi connectivity index (χ1v) is 7.08. The summed E-state index contributed by atoms with van der Waals surface area (Å²) >= 11 is 0. The Kier molecular flexibility index (Phi) is 5.35. The van der Waals surface area contributed by atoms with Crippen molar-refractivity contribution in [2.75, 3.05) is 14.2 Å². The fourth-order valence-corrected chi connectivity index (χ4v) is 2.68. The third-order valence-electron chi connectivity index (χ3n) is 3.86. The zero-order valence-corrected chi connectivity index (χ0v) is 14.2. The smallest absolute Gasteiger partial charge is 0.228 e. The van der Waals surface area contributed by atoms with E-state index in [-0.39, 0.29) is 23.1 Å². The molecule has 0 bridgehead atoms. The molecule has 0 radical (unpaired) electrons. The zero-order valence-electron chi connectivity index (χ0n) is 14.2. The van der Waals surface area contributed by atoms with Gasteiger partial charge in [-0.05, 0) is 26.3 Å². The third kappa shape index (κ3) is 3.14. The van der Waals surface area contributed by atoms with Gasteiger partial charge in [-0.25, -0.2) is 0 Å². The number of carbonyl (C=O) groups is 2. The second kappa shape index (κ2) is 6.48. The molecule has 1 aliphatic rings. The van der Waals surface area contributed by atoms with E-state index >= 15 is 0 Å². The first-order valence-electron chi connectivity index (χ1n) is 7.08. The lowest BCUT2D eigenvalue weighted by atomic mass is 9.74. The van der Waals surface area contributed by atoms with Crippen molar-refractivity contribution in [1.82, 2.24) is 0 Å². The predicted octanol–water partition coefficient (Wildman–Crippen LogP) is 2.31. The van der Waals surface area contributed by atoms with Gasteiger partial charge in [-0.1, -0.05) is 19.9 Å². The second-order valence-corrected chi connectivity index (χ2v) is 6.01. The molecule has 5 heteroatoms. The molecule has 0 fully saturated rings. The van der Waals surface area contributed by atoms with Crippen molar-refractivity contribution in [3.8, 4) is 0 Å². The van der Waals surface area contributed by atoms with Gasteiger partial charge in [-0.3, -0.25) is 9.59 Å². The molecule has 0 saturated carbocycles. The summed E-state index contributed by atoms with van der Waals surface area (Å²) in [5, 5.41) is 9.65. The molecular formula is C17H24O5. The summed E-state index contributed by atoms with van der Waals surface area (Å²) in [6, 6.07) is 0. The summed E-state index contributed by atoms with van der Waals surface area (Å²) in [6.07, 6.45) is 1.17. The van der Waals surface area contributed by atoms with E-state index in [9.17, 15) is 14.7 Å². The predicted molar refractivity (Wildman–Crippen MR) is 83.0 cm³/mol. The highest BCUT2D eigenvalue weighted by Crippen LogP contribution is 2.38. The van der Waals surface area contributed by atoms with E-state index in [2.05, 4.69) is 0 Å². The van der Waals surface area contributed by atoms with Crippen molar-refractivity contribution in [3.05, 3.63) is 34.3 Å². The maximum absolute atomic E-state index is 12.7. The van der Waals surface area contributed by atoms with Crippen molar-refractivity contribution in [2.24, 2.45) is 5.41 Å². The van der Waals surface area contributed by atoms with Crippen molar-refractivity contribution < 1.29 is 24.2 Å². The topological polar surface area (TPSA) is 72.8 Å². The van der Waals surface area contributed by atoms with Gasteiger partial charge in [0, 0.05) is 16.6 Å². The molecular weight excluding hydrogens is 284 g/mol. The molecule has 1 aliphatic carbocycles. The summed E-state index contributed by atoms with van der Waals surface area (Å²) < 4.78 is 10.1. The van der Waals surface area contributed by atoms with Gasteiger partial charge in [0.05, 0.1) is 20.3 Å². The van der Waals surface area contributed by atoms with Gasteiger partial charge in [0.1, 0.15) is 0 Å². The number of rotatable bonds is 5. The molecule has 0 aromatic rings. The summed E-state index contributed by atoms with van der Waals surface area (Å²) in [7, 11) is 2.67. The molecule has 0 heterocycles. The molecule has 5 nitrogen and oxygen atoms in total. The van der Waals surface area contributed by atoms with Crippen LogP contribution in [0.15, 0.2) is 34.3 Å². The highest BCUT2D eigenvalue weighted by atomic mass is 16.5. The van der Waals surface area contributed by atoms with Gasteiger partial charge >= 0.3 is 0 Å². The molecule has 0 aromatic heterocycles. The molecule has 1 N–H and O–H groups in total. The van der Waals surface area contributed by atoms with Crippen LogP contribution >= 0.6 is 0 Å². The van der Waals surface area contributed by atoms with Gasteiger partial charge in [0.15, 0.2) is 0 Å². The SMILES string of the molecule is COC1=C(OC)C(=O)C(C(C)(C)/C=C(\C)C(C)O)=C(C)C1=O. The quantitative estimate of drug-likeness (QED) is 0.623. The van der Waals surface area contributed by atoms with Gasteiger partial charge in [0.25, 0.3) is 0 Å². The Labute approximate surface area is 131 Å². The van der Waals surface area contributed by atoms with E-state index in [1.54, 1.807) is 26.8 Å². The maximum Gasteiger partial charge on any atom is 0.228 e. The fraction of sp³-hybridized carbons (Fsp3) is 0.529. The highest BCUT2D eigenvalue weighted by molar-refractivity contribution is 6.24. The van der Waals surface area contributed by atoms with Crippen molar-refractivity contribution in [1.29, 1.82) is 0 Å². The van der Waals surface area contributed by atoms with Gasteiger partial charge in [-0.15, -0.1) is 0 Å². The van der Waals surface area contributed by atoms with Gasteiger partial charge in [-0.2, -0.15) is 0 Å². The number of aliphatic hydroxyl groups excluding tert-OH is 1.